The Hall–Kier alpha value is -1.16. The minimum Gasteiger partial charge on any atom is -0.326 e. The number of halogens is 2. The van der Waals surface area contributed by atoms with Crippen LogP contribution in [0.4, 0.5) is 4.39 Å². The van der Waals surface area contributed by atoms with E-state index in [1.54, 1.807) is 6.07 Å². The topological polar surface area (TPSA) is 83.9 Å². The molecule has 0 fully saturated rings. The molecule has 1 aromatic rings. The van der Waals surface area contributed by atoms with Crippen LogP contribution in [0.25, 0.3) is 0 Å². The first-order chi connectivity index (χ1) is 6.90. The van der Waals surface area contributed by atoms with E-state index in [-0.39, 0.29) is 17.7 Å². The summed E-state index contributed by atoms with van der Waals surface area (Å²) in [6, 6.07) is 3.32. The van der Waals surface area contributed by atoms with Crippen molar-refractivity contribution in [3.05, 3.63) is 29.1 Å². The van der Waals surface area contributed by atoms with Gasteiger partial charge in [-0.3, -0.25) is 0 Å². The normalized spacial score (nSPS) is 11.1. The maximum Gasteiger partial charge on any atom is 0.262 e. The summed E-state index contributed by atoms with van der Waals surface area (Å²) in [5.74, 6) is -0.724. The highest BCUT2D eigenvalue weighted by molar-refractivity contribution is 8.13. The van der Waals surface area contributed by atoms with Crippen molar-refractivity contribution in [3.8, 4) is 6.07 Å². The Morgan fingerprint density at radius 2 is 2.13 bits per heavy atom. The highest BCUT2D eigenvalue weighted by Crippen LogP contribution is 2.23. The van der Waals surface area contributed by atoms with Crippen LogP contribution in [0.3, 0.4) is 0 Å². The molecule has 1 rings (SSSR count). The van der Waals surface area contributed by atoms with Gasteiger partial charge in [-0.05, 0) is 12.1 Å². The van der Waals surface area contributed by atoms with E-state index in [0.717, 1.165) is 12.1 Å². The average Bonchev–Trinajstić information content (AvgIpc) is 2.15. The van der Waals surface area contributed by atoms with Gasteiger partial charge in [0.1, 0.15) is 16.8 Å². The molecule has 2 N–H and O–H groups in total. The van der Waals surface area contributed by atoms with E-state index in [0.29, 0.717) is 0 Å². The van der Waals surface area contributed by atoms with Gasteiger partial charge in [-0.2, -0.15) is 5.26 Å². The van der Waals surface area contributed by atoms with Crippen LogP contribution in [0.2, 0.25) is 0 Å². The van der Waals surface area contributed by atoms with E-state index in [9.17, 15) is 12.8 Å². The molecule has 0 atom stereocenters. The molecule has 15 heavy (non-hydrogen) atoms. The van der Waals surface area contributed by atoms with Crippen molar-refractivity contribution in [2.45, 2.75) is 11.4 Å². The molecule has 1 aromatic carbocycles. The summed E-state index contributed by atoms with van der Waals surface area (Å²) >= 11 is 0. The molecular weight excluding hydrogens is 243 g/mol. The van der Waals surface area contributed by atoms with Crippen LogP contribution in [0.5, 0.6) is 0 Å². The molecule has 0 radical (unpaired) electrons. The van der Waals surface area contributed by atoms with Gasteiger partial charge >= 0.3 is 0 Å². The number of hydrogen-bond acceptors (Lipinski definition) is 4. The first-order valence-electron chi connectivity index (χ1n) is 3.77. The van der Waals surface area contributed by atoms with Crippen LogP contribution >= 0.6 is 10.7 Å². The van der Waals surface area contributed by atoms with Gasteiger partial charge in [0.15, 0.2) is 0 Å². The quantitative estimate of drug-likeness (QED) is 0.794. The summed E-state index contributed by atoms with van der Waals surface area (Å²) in [4.78, 5) is -0.423. The second kappa shape index (κ2) is 4.14. The maximum atomic E-state index is 13.1. The molecule has 0 heterocycles. The van der Waals surface area contributed by atoms with Crippen LogP contribution in [0, 0.1) is 17.1 Å². The van der Waals surface area contributed by atoms with E-state index in [4.69, 9.17) is 21.7 Å². The number of hydrogen-bond donors (Lipinski definition) is 1. The lowest BCUT2D eigenvalue weighted by atomic mass is 10.1. The lowest BCUT2D eigenvalue weighted by Gasteiger charge is -2.04. The smallest absolute Gasteiger partial charge is 0.262 e. The van der Waals surface area contributed by atoms with Crippen LogP contribution in [-0.2, 0) is 15.6 Å². The standard InChI is InChI=1S/C8H6ClFN2O2S/c9-15(13,14)8-2-5(3-11)7(10)1-6(8)4-12/h1-2H,3,11H2. The molecule has 0 spiro atoms. The zero-order valence-corrected chi connectivity index (χ0v) is 8.94. The Morgan fingerprint density at radius 3 is 2.53 bits per heavy atom. The van der Waals surface area contributed by atoms with Crippen molar-refractivity contribution in [1.29, 1.82) is 5.26 Å². The maximum absolute atomic E-state index is 13.1. The molecule has 0 aliphatic carbocycles. The third-order valence-corrected chi connectivity index (χ3v) is 3.11. The van der Waals surface area contributed by atoms with Gasteiger partial charge in [0.2, 0.25) is 0 Å². The highest BCUT2D eigenvalue weighted by Gasteiger charge is 2.18. The summed E-state index contributed by atoms with van der Waals surface area (Å²) in [6.07, 6.45) is 0. The summed E-state index contributed by atoms with van der Waals surface area (Å²) < 4.78 is 35.2. The Labute approximate surface area is 90.5 Å². The molecule has 0 saturated heterocycles. The second-order valence-corrected chi connectivity index (χ2v) is 5.23. The number of nitriles is 1. The number of benzene rings is 1. The van der Waals surface area contributed by atoms with Crippen molar-refractivity contribution in [1.82, 2.24) is 0 Å². The van der Waals surface area contributed by atoms with Gasteiger partial charge < -0.3 is 5.73 Å². The van der Waals surface area contributed by atoms with Gasteiger partial charge in [0, 0.05) is 22.8 Å². The average molecular weight is 249 g/mol. The number of rotatable bonds is 2. The van der Waals surface area contributed by atoms with Crippen LogP contribution < -0.4 is 5.73 Å². The first kappa shape index (κ1) is 11.9. The van der Waals surface area contributed by atoms with Gasteiger partial charge in [0.25, 0.3) is 9.05 Å². The molecule has 0 aliphatic rings. The highest BCUT2D eigenvalue weighted by atomic mass is 35.7. The number of nitrogens with two attached hydrogens (primary N) is 1. The minimum absolute atomic E-state index is 0.00627. The van der Waals surface area contributed by atoms with Gasteiger partial charge in [-0.25, -0.2) is 12.8 Å². The van der Waals surface area contributed by atoms with Gasteiger partial charge in [-0.1, -0.05) is 0 Å². The molecule has 0 aliphatic heterocycles. The monoisotopic (exact) mass is 248 g/mol. The lowest BCUT2D eigenvalue weighted by Crippen LogP contribution is -2.04. The van der Waals surface area contributed by atoms with Crippen molar-refractivity contribution in [2.75, 3.05) is 0 Å². The fourth-order valence-electron chi connectivity index (χ4n) is 1.04. The third-order valence-electron chi connectivity index (χ3n) is 1.75. The first-order valence-corrected chi connectivity index (χ1v) is 6.08. The molecule has 0 aromatic heterocycles. The summed E-state index contributed by atoms with van der Waals surface area (Å²) in [6.45, 7) is -0.170. The van der Waals surface area contributed by atoms with E-state index < -0.39 is 19.8 Å². The lowest BCUT2D eigenvalue weighted by molar-refractivity contribution is 0.601. The Balaban J connectivity index is 3.59. The number of nitrogens with zero attached hydrogens (tertiary/aromatic N) is 1. The molecular formula is C8H6ClFN2O2S. The van der Waals surface area contributed by atoms with Crippen molar-refractivity contribution in [3.63, 3.8) is 0 Å². The SMILES string of the molecule is N#Cc1cc(F)c(CN)cc1S(=O)(=O)Cl. The second-order valence-electron chi connectivity index (χ2n) is 2.69. The van der Waals surface area contributed by atoms with E-state index in [1.165, 1.54) is 0 Å². The molecule has 7 heteroatoms. The third kappa shape index (κ3) is 2.45. The fourth-order valence-corrected chi connectivity index (χ4v) is 2.07. The predicted octanol–water partition coefficient (Wildman–Crippen LogP) is 1.08. The molecule has 0 amide bonds. The van der Waals surface area contributed by atoms with E-state index in [2.05, 4.69) is 0 Å². The Bertz CT molecular complexity index is 536. The Morgan fingerprint density at radius 1 is 1.53 bits per heavy atom. The summed E-state index contributed by atoms with van der Waals surface area (Å²) in [7, 11) is 1.01. The predicted molar refractivity (Wildman–Crippen MR) is 52.0 cm³/mol. The van der Waals surface area contributed by atoms with Gasteiger partial charge in [0.05, 0.1) is 5.56 Å². The largest absolute Gasteiger partial charge is 0.326 e. The molecule has 80 valence electrons. The van der Waals surface area contributed by atoms with Crippen molar-refractivity contribution >= 4 is 19.7 Å². The van der Waals surface area contributed by atoms with E-state index >= 15 is 0 Å². The fraction of sp³-hybridized carbons (Fsp3) is 0.125. The zero-order chi connectivity index (χ0) is 11.6. The Kier molecular flexibility index (Phi) is 3.29. The van der Waals surface area contributed by atoms with Crippen LogP contribution in [0.15, 0.2) is 17.0 Å². The minimum atomic E-state index is -4.07. The molecule has 0 unspecified atom stereocenters. The van der Waals surface area contributed by atoms with Crippen molar-refractivity contribution < 1.29 is 12.8 Å². The zero-order valence-electron chi connectivity index (χ0n) is 7.37. The summed E-state index contributed by atoms with van der Waals surface area (Å²) in [5, 5.41) is 8.60. The molecule has 0 saturated carbocycles. The van der Waals surface area contributed by atoms with Gasteiger partial charge in [-0.15, -0.1) is 0 Å². The van der Waals surface area contributed by atoms with E-state index in [1.807, 2.05) is 0 Å². The van der Waals surface area contributed by atoms with Crippen LogP contribution in [-0.4, -0.2) is 8.42 Å². The molecule has 4 nitrogen and oxygen atoms in total. The summed E-state index contributed by atoms with van der Waals surface area (Å²) in [5.41, 5.74) is 4.85. The molecule has 0 bridgehead atoms. The van der Waals surface area contributed by atoms with Crippen molar-refractivity contribution in [2.24, 2.45) is 5.73 Å². The van der Waals surface area contributed by atoms with Crippen LogP contribution in [0.1, 0.15) is 11.1 Å².